The molecule has 1 aromatic rings. The molecular formula is C9H10F3N3O2S. The van der Waals surface area contributed by atoms with Crippen molar-refractivity contribution < 1.29 is 22.7 Å². The van der Waals surface area contributed by atoms with Crippen LogP contribution in [0.1, 0.15) is 16.1 Å². The van der Waals surface area contributed by atoms with Gasteiger partial charge >= 0.3 is 12.1 Å². The van der Waals surface area contributed by atoms with Crippen LogP contribution in [0.25, 0.3) is 0 Å². The maximum absolute atomic E-state index is 12.8. The molecule has 5 nitrogen and oxygen atoms in total. The smallest absolute Gasteiger partial charge is 0.434 e. The molecule has 1 N–H and O–H groups in total. The summed E-state index contributed by atoms with van der Waals surface area (Å²) in [7, 11) is 2.35. The molecule has 100 valence electrons. The maximum atomic E-state index is 12.8. The highest BCUT2D eigenvalue weighted by Crippen LogP contribution is 2.34. The normalized spacial score (nSPS) is 11.2. The highest BCUT2D eigenvalue weighted by Gasteiger charge is 2.40. The predicted octanol–water partition coefficient (Wildman–Crippen LogP) is 2.05. The van der Waals surface area contributed by atoms with Gasteiger partial charge in [-0.15, -0.1) is 0 Å². The molecule has 0 aliphatic carbocycles. The predicted molar refractivity (Wildman–Crippen MR) is 59.7 cm³/mol. The molecule has 0 spiro atoms. The lowest BCUT2D eigenvalue weighted by Gasteiger charge is -2.14. The minimum absolute atomic E-state index is 0.0840. The molecule has 1 heterocycles. The number of alkyl halides is 3. The summed E-state index contributed by atoms with van der Waals surface area (Å²) >= 11 is 0.942. The molecule has 0 saturated carbocycles. The fourth-order valence-electron chi connectivity index (χ4n) is 1.21. The summed E-state index contributed by atoms with van der Waals surface area (Å²) in [5.41, 5.74) is -2.02. The van der Waals surface area contributed by atoms with Crippen LogP contribution in [0.3, 0.4) is 0 Å². The average molecular weight is 281 g/mol. The Hall–Kier alpha value is -1.51. The molecule has 0 aliphatic heterocycles. The van der Waals surface area contributed by atoms with Gasteiger partial charge in [0.15, 0.2) is 10.9 Å². The van der Waals surface area contributed by atoms with Crippen LogP contribution in [0.5, 0.6) is 0 Å². The molecule has 0 aromatic carbocycles. The number of anilines is 1. The van der Waals surface area contributed by atoms with Crippen LogP contribution in [-0.2, 0) is 10.9 Å². The van der Waals surface area contributed by atoms with Crippen LogP contribution in [0.4, 0.5) is 19.0 Å². The number of carbonyl (C=O) groups is 1. The van der Waals surface area contributed by atoms with E-state index in [1.54, 1.807) is 0 Å². The largest absolute Gasteiger partial charge is 0.465 e. The lowest BCUT2D eigenvalue weighted by Crippen LogP contribution is -2.20. The summed E-state index contributed by atoms with van der Waals surface area (Å²) in [6, 6.07) is 0. The van der Waals surface area contributed by atoms with E-state index in [0.29, 0.717) is 0 Å². The van der Waals surface area contributed by atoms with E-state index in [1.807, 2.05) is 0 Å². The van der Waals surface area contributed by atoms with Crippen molar-refractivity contribution >= 4 is 23.5 Å². The van der Waals surface area contributed by atoms with Crippen LogP contribution >= 0.6 is 11.8 Å². The first kappa shape index (κ1) is 14.6. The molecule has 0 saturated heterocycles. The standard InChI is InChI=1S/C9H10F3N3O2S/c1-13-6-4(7(16)17-2)5(9(10,11)12)14-8(15-6)18-3/h1-3H3,(H,13,14,15). The Bertz CT molecular complexity index is 465. The second-order valence-electron chi connectivity index (χ2n) is 3.02. The number of ether oxygens (including phenoxy) is 1. The van der Waals surface area contributed by atoms with Crippen LogP contribution < -0.4 is 5.32 Å². The van der Waals surface area contributed by atoms with E-state index in [-0.39, 0.29) is 11.0 Å². The van der Waals surface area contributed by atoms with Gasteiger partial charge in [0.2, 0.25) is 0 Å². The van der Waals surface area contributed by atoms with Crippen LogP contribution in [0.15, 0.2) is 5.16 Å². The molecule has 9 heteroatoms. The van der Waals surface area contributed by atoms with E-state index < -0.39 is 23.4 Å². The number of halogens is 3. The number of hydrogen-bond acceptors (Lipinski definition) is 6. The van der Waals surface area contributed by atoms with E-state index in [4.69, 9.17) is 0 Å². The number of nitrogens with zero attached hydrogens (tertiary/aromatic N) is 2. The number of methoxy groups -OCH3 is 1. The Morgan fingerprint density at radius 3 is 2.39 bits per heavy atom. The zero-order chi connectivity index (χ0) is 13.9. The Morgan fingerprint density at radius 1 is 1.39 bits per heavy atom. The van der Waals surface area contributed by atoms with Gasteiger partial charge in [0, 0.05) is 7.05 Å². The van der Waals surface area contributed by atoms with E-state index in [1.165, 1.54) is 13.3 Å². The van der Waals surface area contributed by atoms with Gasteiger partial charge in [0.1, 0.15) is 11.4 Å². The fraction of sp³-hybridized carbons (Fsp3) is 0.444. The van der Waals surface area contributed by atoms with E-state index in [2.05, 4.69) is 20.0 Å². The first-order valence-electron chi connectivity index (χ1n) is 4.64. The van der Waals surface area contributed by atoms with Gasteiger partial charge < -0.3 is 10.1 Å². The van der Waals surface area contributed by atoms with Crippen molar-refractivity contribution in [2.24, 2.45) is 0 Å². The van der Waals surface area contributed by atoms with Crippen molar-refractivity contribution in [2.45, 2.75) is 11.3 Å². The fourth-order valence-corrected chi connectivity index (χ4v) is 1.58. The van der Waals surface area contributed by atoms with Crippen molar-refractivity contribution in [2.75, 3.05) is 25.7 Å². The van der Waals surface area contributed by atoms with E-state index in [9.17, 15) is 18.0 Å². The van der Waals surface area contributed by atoms with Gasteiger partial charge in [-0.05, 0) is 6.26 Å². The van der Waals surface area contributed by atoms with Gasteiger partial charge in [0.05, 0.1) is 7.11 Å². The Balaban J connectivity index is 3.57. The molecule has 18 heavy (non-hydrogen) atoms. The SMILES string of the molecule is CNc1nc(SC)nc(C(F)(F)F)c1C(=O)OC. The van der Waals surface area contributed by atoms with Crippen LogP contribution in [0, 0.1) is 0 Å². The number of nitrogens with one attached hydrogen (secondary N) is 1. The molecule has 0 fully saturated rings. The minimum Gasteiger partial charge on any atom is -0.465 e. The topological polar surface area (TPSA) is 64.1 Å². The Labute approximate surface area is 105 Å². The monoisotopic (exact) mass is 281 g/mol. The molecule has 0 aliphatic rings. The number of aromatic nitrogens is 2. The van der Waals surface area contributed by atoms with Crippen LogP contribution in [0.2, 0.25) is 0 Å². The zero-order valence-electron chi connectivity index (χ0n) is 9.75. The highest BCUT2D eigenvalue weighted by atomic mass is 32.2. The van der Waals surface area contributed by atoms with Gasteiger partial charge in [-0.2, -0.15) is 13.2 Å². The van der Waals surface area contributed by atoms with Crippen molar-refractivity contribution in [1.29, 1.82) is 0 Å². The minimum atomic E-state index is -4.76. The average Bonchev–Trinajstić information content (AvgIpc) is 2.34. The molecule has 0 amide bonds. The third kappa shape index (κ3) is 2.84. The van der Waals surface area contributed by atoms with E-state index >= 15 is 0 Å². The molecule has 0 atom stereocenters. The third-order valence-corrected chi connectivity index (χ3v) is 2.51. The summed E-state index contributed by atoms with van der Waals surface area (Å²) in [5, 5.41) is 2.35. The molecule has 0 unspecified atom stereocenters. The Morgan fingerprint density at radius 2 is 2.00 bits per heavy atom. The summed E-state index contributed by atoms with van der Waals surface area (Å²) in [4.78, 5) is 18.5. The number of carbonyl (C=O) groups excluding carboxylic acids is 1. The molecule has 1 rings (SSSR count). The second kappa shape index (κ2) is 5.42. The third-order valence-electron chi connectivity index (χ3n) is 1.97. The zero-order valence-corrected chi connectivity index (χ0v) is 10.6. The summed E-state index contributed by atoms with van der Waals surface area (Å²) < 4.78 is 42.9. The van der Waals surface area contributed by atoms with Crippen molar-refractivity contribution in [1.82, 2.24) is 9.97 Å². The number of rotatable bonds is 3. The van der Waals surface area contributed by atoms with Crippen molar-refractivity contribution in [3.05, 3.63) is 11.3 Å². The van der Waals surface area contributed by atoms with Gasteiger partial charge in [0.25, 0.3) is 0 Å². The number of hydrogen-bond donors (Lipinski definition) is 1. The van der Waals surface area contributed by atoms with Gasteiger partial charge in [-0.1, -0.05) is 11.8 Å². The van der Waals surface area contributed by atoms with Gasteiger partial charge in [-0.3, -0.25) is 0 Å². The summed E-state index contributed by atoms with van der Waals surface area (Å²) in [6.07, 6.45) is -3.23. The molecule has 1 aromatic heterocycles. The van der Waals surface area contributed by atoms with Crippen LogP contribution in [-0.4, -0.2) is 36.4 Å². The summed E-state index contributed by atoms with van der Waals surface area (Å²) in [5.74, 6) is -1.35. The first-order chi connectivity index (χ1) is 8.35. The van der Waals surface area contributed by atoms with Crippen molar-refractivity contribution in [3.63, 3.8) is 0 Å². The number of esters is 1. The maximum Gasteiger partial charge on any atom is 0.434 e. The first-order valence-corrected chi connectivity index (χ1v) is 5.86. The van der Waals surface area contributed by atoms with Crippen molar-refractivity contribution in [3.8, 4) is 0 Å². The lowest BCUT2D eigenvalue weighted by molar-refractivity contribution is -0.142. The molecule has 0 radical (unpaired) electrons. The number of thioether (sulfide) groups is 1. The lowest BCUT2D eigenvalue weighted by atomic mass is 10.2. The summed E-state index contributed by atoms with van der Waals surface area (Å²) in [6.45, 7) is 0. The molecule has 0 bridgehead atoms. The quantitative estimate of drug-likeness (QED) is 0.519. The molecular weight excluding hydrogens is 271 g/mol. The van der Waals surface area contributed by atoms with E-state index in [0.717, 1.165) is 18.9 Å². The van der Waals surface area contributed by atoms with Gasteiger partial charge in [-0.25, -0.2) is 14.8 Å². The second-order valence-corrected chi connectivity index (χ2v) is 3.80. The Kier molecular flexibility index (Phi) is 4.38. The highest BCUT2D eigenvalue weighted by molar-refractivity contribution is 7.98.